The van der Waals surface area contributed by atoms with Gasteiger partial charge in [-0.3, -0.25) is 4.79 Å². The van der Waals surface area contributed by atoms with Gasteiger partial charge in [0.15, 0.2) is 0 Å². The van der Waals surface area contributed by atoms with Crippen LogP contribution in [0.3, 0.4) is 0 Å². The fourth-order valence-corrected chi connectivity index (χ4v) is 4.41. The molecular formula is C23H27ClO4. The van der Waals surface area contributed by atoms with E-state index in [9.17, 15) is 9.90 Å². The van der Waals surface area contributed by atoms with Crippen molar-refractivity contribution in [1.29, 1.82) is 0 Å². The summed E-state index contributed by atoms with van der Waals surface area (Å²) in [6, 6.07) is 14.1. The molecule has 2 aromatic rings. The van der Waals surface area contributed by atoms with Crippen LogP contribution in [0.5, 0.6) is 5.75 Å². The number of alkyl halides is 1. The molecule has 0 amide bonds. The van der Waals surface area contributed by atoms with Gasteiger partial charge in [0.05, 0.1) is 12.7 Å². The van der Waals surface area contributed by atoms with Crippen molar-refractivity contribution < 1.29 is 19.7 Å². The number of carboxylic acids is 1. The van der Waals surface area contributed by atoms with Gasteiger partial charge < -0.3 is 14.9 Å². The Labute approximate surface area is 170 Å². The van der Waals surface area contributed by atoms with Gasteiger partial charge in [0.25, 0.3) is 0 Å². The lowest BCUT2D eigenvalue weighted by Crippen LogP contribution is -2.27. The zero-order chi connectivity index (χ0) is 19.9. The molecule has 4 nitrogen and oxygen atoms in total. The molecule has 0 spiro atoms. The zero-order valence-corrected chi connectivity index (χ0v) is 16.6. The van der Waals surface area contributed by atoms with Gasteiger partial charge in [-0.15, -0.1) is 11.6 Å². The summed E-state index contributed by atoms with van der Waals surface area (Å²) < 4.78 is 6.12. The third-order valence-corrected chi connectivity index (χ3v) is 5.99. The van der Waals surface area contributed by atoms with E-state index >= 15 is 0 Å². The summed E-state index contributed by atoms with van der Waals surface area (Å²) in [6.45, 7) is 0.427. The van der Waals surface area contributed by atoms with E-state index in [0.717, 1.165) is 29.4 Å². The Morgan fingerprint density at radius 3 is 2.75 bits per heavy atom. The second-order valence-corrected chi connectivity index (χ2v) is 7.99. The maximum absolute atomic E-state index is 10.6. The minimum absolute atomic E-state index is 0.0230. The Hall–Kier alpha value is -2.04. The number of ether oxygens (including phenoxy) is 1. The van der Waals surface area contributed by atoms with Gasteiger partial charge in [-0.05, 0) is 43.1 Å². The van der Waals surface area contributed by atoms with E-state index in [1.807, 2.05) is 36.4 Å². The summed E-state index contributed by atoms with van der Waals surface area (Å²) in [6.07, 6.45) is 6.51. The van der Waals surface area contributed by atoms with E-state index in [2.05, 4.69) is 18.2 Å². The summed E-state index contributed by atoms with van der Waals surface area (Å²) in [4.78, 5) is 10.6. The third-order valence-electron chi connectivity index (χ3n) is 5.49. The first-order valence-corrected chi connectivity index (χ1v) is 10.3. The minimum atomic E-state index is -0.765. The lowest BCUT2D eigenvalue weighted by molar-refractivity contribution is -0.137. The molecule has 4 atom stereocenters. The quantitative estimate of drug-likeness (QED) is 0.351. The smallest absolute Gasteiger partial charge is 0.303 e. The van der Waals surface area contributed by atoms with Gasteiger partial charge in [-0.2, -0.15) is 0 Å². The summed E-state index contributed by atoms with van der Waals surface area (Å²) in [7, 11) is 0. The molecule has 0 bridgehead atoms. The Morgan fingerprint density at radius 2 is 1.93 bits per heavy atom. The number of rotatable bonds is 9. The van der Waals surface area contributed by atoms with Gasteiger partial charge in [0.1, 0.15) is 5.75 Å². The van der Waals surface area contributed by atoms with E-state index in [1.54, 1.807) is 0 Å². The van der Waals surface area contributed by atoms with Crippen molar-refractivity contribution >= 4 is 28.3 Å². The molecule has 0 aliphatic heterocycles. The normalized spacial score (nSPS) is 24.8. The van der Waals surface area contributed by atoms with Crippen molar-refractivity contribution in [2.45, 2.75) is 43.6 Å². The molecule has 1 aliphatic rings. The number of aliphatic hydroxyl groups is 1. The number of carboxylic acid groups (broad SMARTS) is 1. The average Bonchev–Trinajstić information content (AvgIpc) is 2.95. The topological polar surface area (TPSA) is 66.8 Å². The maximum Gasteiger partial charge on any atom is 0.303 e. The van der Waals surface area contributed by atoms with E-state index in [0.29, 0.717) is 19.4 Å². The van der Waals surface area contributed by atoms with Crippen LogP contribution in [0.4, 0.5) is 0 Å². The fourth-order valence-electron chi connectivity index (χ4n) is 3.94. The molecule has 0 radical (unpaired) electrons. The number of halogens is 1. The van der Waals surface area contributed by atoms with Crippen molar-refractivity contribution in [2.75, 3.05) is 6.61 Å². The molecule has 0 heterocycles. The van der Waals surface area contributed by atoms with E-state index in [-0.39, 0.29) is 23.6 Å². The van der Waals surface area contributed by atoms with Crippen LogP contribution in [0.2, 0.25) is 0 Å². The first kappa shape index (κ1) is 20.7. The van der Waals surface area contributed by atoms with Crippen molar-refractivity contribution in [1.82, 2.24) is 0 Å². The molecule has 2 N–H and O–H groups in total. The standard InChI is InChI=1S/C23H27ClO4/c24-20-14-21(25)19(18(20)11-3-1-2-4-13-23(26)27)15-28-22-12-7-9-16-8-5-6-10-17(16)22/h1,3,5-10,12,18-21,25H,2,4,11,13-15H2,(H,26,27)/b3-1-/t18-,19-,20+,21-/m1/s1. The molecule has 28 heavy (non-hydrogen) atoms. The van der Waals surface area contributed by atoms with Gasteiger partial charge in [-0.25, -0.2) is 0 Å². The van der Waals surface area contributed by atoms with Crippen molar-refractivity contribution in [3.63, 3.8) is 0 Å². The lowest BCUT2D eigenvalue weighted by Gasteiger charge is -2.23. The van der Waals surface area contributed by atoms with Crippen LogP contribution in [-0.4, -0.2) is 34.3 Å². The summed E-state index contributed by atoms with van der Waals surface area (Å²) in [5.41, 5.74) is 0. The average molecular weight is 403 g/mol. The molecule has 0 saturated heterocycles. The molecule has 0 unspecified atom stereocenters. The molecule has 3 rings (SSSR count). The van der Waals surface area contributed by atoms with Crippen LogP contribution in [-0.2, 0) is 4.79 Å². The highest BCUT2D eigenvalue weighted by Crippen LogP contribution is 2.39. The highest BCUT2D eigenvalue weighted by Gasteiger charge is 2.41. The number of fused-ring (bicyclic) bond motifs is 1. The predicted octanol–water partition coefficient (Wildman–Crippen LogP) is 5.02. The molecular weight excluding hydrogens is 376 g/mol. The summed E-state index contributed by atoms with van der Waals surface area (Å²) in [5, 5.41) is 21.3. The Balaban J connectivity index is 1.59. The third kappa shape index (κ3) is 5.27. The number of aliphatic hydroxyl groups excluding tert-OH is 1. The monoisotopic (exact) mass is 402 g/mol. The van der Waals surface area contributed by atoms with Crippen LogP contribution in [0.25, 0.3) is 10.8 Å². The second-order valence-electron chi connectivity index (χ2n) is 7.43. The maximum atomic E-state index is 10.6. The highest BCUT2D eigenvalue weighted by molar-refractivity contribution is 6.21. The van der Waals surface area contributed by atoms with Gasteiger partial charge >= 0.3 is 5.97 Å². The van der Waals surface area contributed by atoms with Gasteiger partial charge in [-0.1, -0.05) is 48.6 Å². The highest BCUT2D eigenvalue weighted by atomic mass is 35.5. The first-order valence-electron chi connectivity index (χ1n) is 9.85. The van der Waals surface area contributed by atoms with E-state index < -0.39 is 12.1 Å². The zero-order valence-electron chi connectivity index (χ0n) is 15.8. The predicted molar refractivity (Wildman–Crippen MR) is 112 cm³/mol. The summed E-state index contributed by atoms with van der Waals surface area (Å²) >= 11 is 6.50. The Bertz CT molecular complexity index is 814. The van der Waals surface area contributed by atoms with E-state index in [1.165, 1.54) is 0 Å². The Kier molecular flexibility index (Phi) is 7.35. The Morgan fingerprint density at radius 1 is 1.14 bits per heavy atom. The SMILES string of the molecule is O=C(O)CCC/C=C\C[C@@H]1[C@@H](COc2cccc3ccccc23)[C@H](O)C[C@@H]1Cl. The molecule has 1 fully saturated rings. The van der Waals surface area contributed by atoms with Crippen molar-refractivity contribution in [2.24, 2.45) is 11.8 Å². The fraction of sp³-hybridized carbons (Fsp3) is 0.435. The molecule has 2 aromatic carbocycles. The van der Waals surface area contributed by atoms with Crippen LogP contribution in [0.1, 0.15) is 32.1 Å². The van der Waals surface area contributed by atoms with Crippen LogP contribution in [0, 0.1) is 11.8 Å². The summed E-state index contributed by atoms with van der Waals surface area (Å²) in [5.74, 6) is 0.178. The molecule has 1 aliphatic carbocycles. The molecule has 0 aromatic heterocycles. The minimum Gasteiger partial charge on any atom is -0.493 e. The number of hydrogen-bond acceptors (Lipinski definition) is 3. The molecule has 1 saturated carbocycles. The van der Waals surface area contributed by atoms with Crippen LogP contribution >= 0.6 is 11.6 Å². The molecule has 5 heteroatoms. The van der Waals surface area contributed by atoms with Crippen LogP contribution < -0.4 is 4.74 Å². The largest absolute Gasteiger partial charge is 0.493 e. The second kappa shape index (κ2) is 9.94. The first-order chi connectivity index (χ1) is 13.6. The molecule has 150 valence electrons. The van der Waals surface area contributed by atoms with Crippen molar-refractivity contribution in [3.05, 3.63) is 54.6 Å². The number of allylic oxidation sites excluding steroid dienone is 2. The van der Waals surface area contributed by atoms with Crippen molar-refractivity contribution in [3.8, 4) is 5.75 Å². The number of hydrogen-bond donors (Lipinski definition) is 2. The van der Waals surface area contributed by atoms with Crippen LogP contribution in [0.15, 0.2) is 54.6 Å². The van der Waals surface area contributed by atoms with Gasteiger partial charge in [0.2, 0.25) is 0 Å². The van der Waals surface area contributed by atoms with E-state index in [4.69, 9.17) is 21.4 Å². The lowest BCUT2D eigenvalue weighted by atomic mass is 9.92. The van der Waals surface area contributed by atoms with Gasteiger partial charge in [0, 0.05) is 23.1 Å². The number of benzene rings is 2. The number of unbranched alkanes of at least 4 members (excludes halogenated alkanes) is 1. The number of aliphatic carboxylic acids is 1. The number of carbonyl (C=O) groups is 1.